The summed E-state index contributed by atoms with van der Waals surface area (Å²) in [6, 6.07) is 7.64. The zero-order valence-electron chi connectivity index (χ0n) is 12.3. The smallest absolute Gasteiger partial charge is 0.308 e. The van der Waals surface area contributed by atoms with Crippen molar-refractivity contribution in [2.75, 3.05) is 6.61 Å². The molecule has 1 aromatic heterocycles. The Kier molecular flexibility index (Phi) is 5.99. The van der Waals surface area contributed by atoms with E-state index >= 15 is 0 Å². The summed E-state index contributed by atoms with van der Waals surface area (Å²) in [5, 5.41) is 0. The SMILES string of the molecule is CCCCCCOC(=O)CCn1c(=O)sc2ccccc21. The number of hydrogen-bond donors (Lipinski definition) is 0. The Hall–Kier alpha value is -1.62. The van der Waals surface area contributed by atoms with Crippen LogP contribution in [0.3, 0.4) is 0 Å². The Morgan fingerprint density at radius 2 is 2.05 bits per heavy atom. The van der Waals surface area contributed by atoms with Gasteiger partial charge in [-0.3, -0.25) is 14.2 Å². The molecule has 0 N–H and O–H groups in total. The van der Waals surface area contributed by atoms with Crippen LogP contribution in [0.25, 0.3) is 10.2 Å². The van der Waals surface area contributed by atoms with E-state index in [-0.39, 0.29) is 17.3 Å². The number of nitrogens with zero attached hydrogens (tertiary/aromatic N) is 1. The first-order valence-electron chi connectivity index (χ1n) is 7.46. The number of aryl methyl sites for hydroxylation is 1. The van der Waals surface area contributed by atoms with Crippen molar-refractivity contribution in [3.63, 3.8) is 0 Å². The maximum absolute atomic E-state index is 11.9. The molecule has 0 saturated heterocycles. The van der Waals surface area contributed by atoms with Gasteiger partial charge in [0.1, 0.15) is 0 Å². The summed E-state index contributed by atoms with van der Waals surface area (Å²) in [5.41, 5.74) is 0.892. The van der Waals surface area contributed by atoms with Crippen molar-refractivity contribution in [1.29, 1.82) is 0 Å². The number of hydrogen-bond acceptors (Lipinski definition) is 4. The average molecular weight is 307 g/mol. The minimum absolute atomic E-state index is 0.0213. The van der Waals surface area contributed by atoms with Gasteiger partial charge >= 0.3 is 10.8 Å². The quantitative estimate of drug-likeness (QED) is 0.553. The van der Waals surface area contributed by atoms with E-state index in [2.05, 4.69) is 6.92 Å². The highest BCUT2D eigenvalue weighted by Crippen LogP contribution is 2.16. The summed E-state index contributed by atoms with van der Waals surface area (Å²) in [4.78, 5) is 23.6. The number of carbonyl (C=O) groups is 1. The van der Waals surface area contributed by atoms with E-state index in [0.29, 0.717) is 13.2 Å². The number of carbonyl (C=O) groups excluding carboxylic acids is 1. The number of aromatic nitrogens is 1. The second kappa shape index (κ2) is 7.98. The van der Waals surface area contributed by atoms with Gasteiger partial charge in [0.15, 0.2) is 0 Å². The van der Waals surface area contributed by atoms with Crippen molar-refractivity contribution in [3.8, 4) is 0 Å². The van der Waals surface area contributed by atoms with Crippen LogP contribution in [0.1, 0.15) is 39.0 Å². The fourth-order valence-corrected chi connectivity index (χ4v) is 3.13. The summed E-state index contributed by atoms with van der Waals surface area (Å²) in [7, 11) is 0. The van der Waals surface area contributed by atoms with Gasteiger partial charge in [-0.05, 0) is 18.6 Å². The van der Waals surface area contributed by atoms with E-state index in [1.54, 1.807) is 4.57 Å². The monoisotopic (exact) mass is 307 g/mol. The van der Waals surface area contributed by atoms with Crippen molar-refractivity contribution in [1.82, 2.24) is 4.57 Å². The number of para-hydroxylation sites is 1. The Balaban J connectivity index is 1.83. The minimum Gasteiger partial charge on any atom is -0.466 e. The highest BCUT2D eigenvalue weighted by molar-refractivity contribution is 7.16. The van der Waals surface area contributed by atoms with Gasteiger partial charge in [-0.25, -0.2) is 0 Å². The van der Waals surface area contributed by atoms with Crippen LogP contribution in [0.2, 0.25) is 0 Å². The highest BCUT2D eigenvalue weighted by Gasteiger charge is 2.09. The Bertz CT molecular complexity index is 644. The third kappa shape index (κ3) is 4.43. The maximum Gasteiger partial charge on any atom is 0.308 e. The molecule has 0 atom stereocenters. The van der Waals surface area contributed by atoms with E-state index in [1.165, 1.54) is 24.2 Å². The summed E-state index contributed by atoms with van der Waals surface area (Å²) in [6.45, 7) is 3.02. The van der Waals surface area contributed by atoms with Gasteiger partial charge in [-0.1, -0.05) is 49.7 Å². The lowest BCUT2D eigenvalue weighted by atomic mass is 10.2. The molecule has 1 aromatic carbocycles. The first-order valence-corrected chi connectivity index (χ1v) is 8.28. The van der Waals surface area contributed by atoms with Crippen LogP contribution in [-0.4, -0.2) is 17.1 Å². The van der Waals surface area contributed by atoms with Gasteiger partial charge in [-0.2, -0.15) is 0 Å². The van der Waals surface area contributed by atoms with Crippen LogP contribution < -0.4 is 4.87 Å². The topological polar surface area (TPSA) is 48.3 Å². The molecule has 2 rings (SSSR count). The van der Waals surface area contributed by atoms with Gasteiger partial charge in [0.25, 0.3) is 0 Å². The molecule has 0 unspecified atom stereocenters. The van der Waals surface area contributed by atoms with Crippen LogP contribution in [0.5, 0.6) is 0 Å². The van der Waals surface area contributed by atoms with Crippen molar-refractivity contribution in [2.45, 2.75) is 45.6 Å². The molecular formula is C16H21NO3S. The van der Waals surface area contributed by atoms with Gasteiger partial charge < -0.3 is 4.74 Å². The fourth-order valence-electron chi connectivity index (χ4n) is 2.22. The van der Waals surface area contributed by atoms with Gasteiger partial charge in [0.2, 0.25) is 0 Å². The third-order valence-corrected chi connectivity index (χ3v) is 4.33. The molecule has 21 heavy (non-hydrogen) atoms. The number of unbranched alkanes of at least 4 members (excludes halogenated alkanes) is 3. The molecule has 0 fully saturated rings. The molecule has 0 radical (unpaired) electrons. The highest BCUT2D eigenvalue weighted by atomic mass is 32.1. The summed E-state index contributed by atoms with van der Waals surface area (Å²) >= 11 is 1.21. The summed E-state index contributed by atoms with van der Waals surface area (Å²) < 4.78 is 7.79. The van der Waals surface area contributed by atoms with E-state index in [9.17, 15) is 9.59 Å². The molecule has 4 nitrogen and oxygen atoms in total. The predicted octanol–water partition coefficient (Wildman–Crippen LogP) is 3.58. The predicted molar refractivity (Wildman–Crippen MR) is 85.8 cm³/mol. The summed E-state index contributed by atoms with van der Waals surface area (Å²) in [6.07, 6.45) is 4.60. The average Bonchev–Trinajstić information content (AvgIpc) is 2.80. The number of benzene rings is 1. The van der Waals surface area contributed by atoms with Crippen molar-refractivity contribution >= 4 is 27.5 Å². The standard InChI is InChI=1S/C16H21NO3S/c1-2-3-4-7-12-20-15(18)10-11-17-13-8-5-6-9-14(13)21-16(17)19/h5-6,8-9H,2-4,7,10-12H2,1H3. The van der Waals surface area contributed by atoms with Crippen LogP contribution in [-0.2, 0) is 16.1 Å². The molecule has 5 heteroatoms. The second-order valence-electron chi connectivity index (χ2n) is 5.02. The molecule has 114 valence electrons. The van der Waals surface area contributed by atoms with Crippen LogP contribution in [0.4, 0.5) is 0 Å². The number of esters is 1. The number of thiazole rings is 1. The molecule has 0 aliphatic rings. The first-order chi connectivity index (χ1) is 10.2. The minimum atomic E-state index is -0.228. The zero-order valence-corrected chi connectivity index (χ0v) is 13.2. The molecule has 0 bridgehead atoms. The molecular weight excluding hydrogens is 286 g/mol. The van der Waals surface area contributed by atoms with Crippen molar-refractivity contribution in [3.05, 3.63) is 33.9 Å². The van der Waals surface area contributed by atoms with Gasteiger partial charge in [0.05, 0.1) is 23.2 Å². The normalized spacial score (nSPS) is 10.9. The second-order valence-corrected chi connectivity index (χ2v) is 6.01. The largest absolute Gasteiger partial charge is 0.466 e. The lowest BCUT2D eigenvalue weighted by Crippen LogP contribution is -2.16. The molecule has 0 spiro atoms. The molecule has 2 aromatic rings. The van der Waals surface area contributed by atoms with E-state index in [1.807, 2.05) is 24.3 Å². The maximum atomic E-state index is 11.9. The number of ether oxygens (including phenoxy) is 1. The van der Waals surface area contributed by atoms with E-state index in [0.717, 1.165) is 23.1 Å². The van der Waals surface area contributed by atoms with E-state index < -0.39 is 0 Å². The van der Waals surface area contributed by atoms with E-state index in [4.69, 9.17) is 4.74 Å². The lowest BCUT2D eigenvalue weighted by Gasteiger charge is -2.05. The van der Waals surface area contributed by atoms with Gasteiger partial charge in [0, 0.05) is 6.54 Å². The van der Waals surface area contributed by atoms with Crippen LogP contribution in [0, 0.1) is 0 Å². The molecule has 0 aliphatic carbocycles. The Morgan fingerprint density at radius 1 is 1.24 bits per heavy atom. The summed E-state index contributed by atoms with van der Waals surface area (Å²) in [5.74, 6) is -0.228. The lowest BCUT2D eigenvalue weighted by molar-refractivity contribution is -0.144. The van der Waals surface area contributed by atoms with Crippen LogP contribution >= 0.6 is 11.3 Å². The van der Waals surface area contributed by atoms with Crippen molar-refractivity contribution in [2.24, 2.45) is 0 Å². The molecule has 1 heterocycles. The van der Waals surface area contributed by atoms with Gasteiger partial charge in [-0.15, -0.1) is 0 Å². The molecule has 0 saturated carbocycles. The van der Waals surface area contributed by atoms with Crippen molar-refractivity contribution < 1.29 is 9.53 Å². The van der Waals surface area contributed by atoms with Crippen LogP contribution in [0.15, 0.2) is 29.1 Å². The zero-order chi connectivity index (χ0) is 15.1. The third-order valence-electron chi connectivity index (χ3n) is 3.37. The number of fused-ring (bicyclic) bond motifs is 1. The number of rotatable bonds is 8. The fraction of sp³-hybridized carbons (Fsp3) is 0.500. The Morgan fingerprint density at radius 3 is 2.86 bits per heavy atom. The molecule has 0 amide bonds. The first kappa shape index (κ1) is 15.8. The Labute approximate surface area is 128 Å². The molecule has 0 aliphatic heterocycles.